The maximum Gasteiger partial charge on any atom is 0.200 e. The van der Waals surface area contributed by atoms with Crippen LogP contribution in [-0.2, 0) is 0 Å². The molecule has 2 atom stereocenters. The van der Waals surface area contributed by atoms with E-state index in [1.807, 2.05) is 26.1 Å². The largest absolute Gasteiger partial charge is 0.439 e. The fourth-order valence-electron chi connectivity index (χ4n) is 6.06. The average Bonchev–Trinajstić information content (AvgIpc) is 3.68. The summed E-state index contributed by atoms with van der Waals surface area (Å²) in [7, 11) is 0. The number of hydrogen-bond donors (Lipinski definition) is 0. The van der Waals surface area contributed by atoms with Crippen LogP contribution in [0.25, 0.3) is 11.2 Å². The summed E-state index contributed by atoms with van der Waals surface area (Å²) in [4.78, 5) is 21.6. The molecule has 0 bridgehead atoms. The lowest BCUT2D eigenvalue weighted by Crippen LogP contribution is -2.23. The molecule has 2 aliphatic rings. The van der Waals surface area contributed by atoms with Crippen LogP contribution >= 0.6 is 0 Å². The number of aromatic nitrogens is 3. The highest BCUT2D eigenvalue weighted by Crippen LogP contribution is 2.40. The molecule has 1 fully saturated rings. The van der Waals surface area contributed by atoms with E-state index in [4.69, 9.17) is 14.4 Å². The van der Waals surface area contributed by atoms with Crippen LogP contribution in [0.4, 0.5) is 5.82 Å². The Balaban J connectivity index is 1.43. The SMILES string of the molecule is C=C(CC(CCCC)c1cc2oc(C)nc2nc1N1CCC(CCCC)C1)C1=CCC(c2ccnc(C)c2)=N1. The molecule has 5 heterocycles. The van der Waals surface area contributed by atoms with E-state index in [9.17, 15) is 0 Å². The summed E-state index contributed by atoms with van der Waals surface area (Å²) in [6.07, 6.45) is 14.3. The molecule has 0 spiro atoms. The zero-order valence-corrected chi connectivity index (χ0v) is 24.2. The van der Waals surface area contributed by atoms with Crippen molar-refractivity contribution in [1.82, 2.24) is 15.0 Å². The van der Waals surface area contributed by atoms with Gasteiger partial charge in [0.2, 0.25) is 5.65 Å². The third kappa shape index (κ3) is 6.32. The van der Waals surface area contributed by atoms with E-state index in [0.29, 0.717) is 11.8 Å². The Labute approximate surface area is 233 Å². The highest BCUT2D eigenvalue weighted by Gasteiger charge is 2.29. The predicted molar refractivity (Wildman–Crippen MR) is 161 cm³/mol. The van der Waals surface area contributed by atoms with Gasteiger partial charge in [-0.15, -0.1) is 0 Å². The van der Waals surface area contributed by atoms with Gasteiger partial charge in [0.15, 0.2) is 11.5 Å². The summed E-state index contributed by atoms with van der Waals surface area (Å²) >= 11 is 0. The van der Waals surface area contributed by atoms with E-state index >= 15 is 0 Å². The lowest BCUT2D eigenvalue weighted by molar-refractivity contribution is 0.509. The van der Waals surface area contributed by atoms with E-state index < -0.39 is 0 Å². The summed E-state index contributed by atoms with van der Waals surface area (Å²) in [5.74, 6) is 2.81. The molecule has 0 radical (unpaired) electrons. The quantitative estimate of drug-likeness (QED) is 0.238. The van der Waals surface area contributed by atoms with Crippen molar-refractivity contribution < 1.29 is 4.42 Å². The molecule has 2 aliphatic heterocycles. The molecule has 6 nitrogen and oxygen atoms in total. The third-order valence-electron chi connectivity index (χ3n) is 8.22. The normalized spacial score (nSPS) is 18.1. The standard InChI is InChI=1S/C33H43N5O/c1-6-8-10-25-15-17-38(21-25)33-28(20-31-32(37-33)35-24(5)39-31)26(11-9-7-2)18-22(3)29-12-13-30(36-29)27-14-16-34-23(4)19-27/h12,14,16,19-20,25-26H,3,6-11,13,15,17-18,21H2,1-2,4-5H3. The Morgan fingerprint density at radius 3 is 2.79 bits per heavy atom. The minimum Gasteiger partial charge on any atom is -0.439 e. The molecule has 0 N–H and O–H groups in total. The number of hydrogen-bond acceptors (Lipinski definition) is 6. The summed E-state index contributed by atoms with van der Waals surface area (Å²) in [5, 5.41) is 0. The second-order valence-corrected chi connectivity index (χ2v) is 11.4. The van der Waals surface area contributed by atoms with E-state index in [2.05, 4.69) is 53.5 Å². The van der Waals surface area contributed by atoms with Crippen LogP contribution in [0, 0.1) is 19.8 Å². The van der Waals surface area contributed by atoms with Crippen molar-refractivity contribution in [2.24, 2.45) is 10.9 Å². The average molecular weight is 526 g/mol. The van der Waals surface area contributed by atoms with Gasteiger partial charge in [0.1, 0.15) is 5.82 Å². The van der Waals surface area contributed by atoms with Gasteiger partial charge in [-0.3, -0.25) is 9.98 Å². The summed E-state index contributed by atoms with van der Waals surface area (Å²) in [6, 6.07) is 6.38. The second kappa shape index (κ2) is 12.3. The number of anilines is 1. The zero-order valence-electron chi connectivity index (χ0n) is 24.2. The van der Waals surface area contributed by atoms with Gasteiger partial charge >= 0.3 is 0 Å². The van der Waals surface area contributed by atoms with Gasteiger partial charge in [-0.05, 0) is 73.8 Å². The highest BCUT2D eigenvalue weighted by atomic mass is 16.3. The van der Waals surface area contributed by atoms with E-state index in [1.165, 1.54) is 31.2 Å². The fourth-order valence-corrected chi connectivity index (χ4v) is 6.06. The van der Waals surface area contributed by atoms with Gasteiger partial charge < -0.3 is 9.32 Å². The van der Waals surface area contributed by atoms with Gasteiger partial charge in [-0.25, -0.2) is 4.98 Å². The van der Waals surface area contributed by atoms with Gasteiger partial charge in [0, 0.05) is 43.9 Å². The van der Waals surface area contributed by atoms with Crippen LogP contribution in [0.1, 0.15) is 100 Å². The molecule has 0 saturated carbocycles. The van der Waals surface area contributed by atoms with Crippen molar-refractivity contribution in [2.75, 3.05) is 18.0 Å². The molecule has 0 amide bonds. The molecule has 3 aromatic rings. The highest BCUT2D eigenvalue weighted by molar-refractivity contribution is 6.03. The summed E-state index contributed by atoms with van der Waals surface area (Å²) in [5.41, 5.74) is 8.15. The molecule has 206 valence electrons. The lowest BCUT2D eigenvalue weighted by Gasteiger charge is -2.26. The maximum atomic E-state index is 5.98. The van der Waals surface area contributed by atoms with Crippen molar-refractivity contribution >= 4 is 22.8 Å². The predicted octanol–water partition coefficient (Wildman–Crippen LogP) is 8.25. The van der Waals surface area contributed by atoms with Crippen molar-refractivity contribution in [3.05, 3.63) is 71.0 Å². The molecule has 39 heavy (non-hydrogen) atoms. The number of fused-ring (bicyclic) bond motifs is 1. The summed E-state index contributed by atoms with van der Waals surface area (Å²) in [6.45, 7) is 15.1. The zero-order chi connectivity index (χ0) is 27.4. The second-order valence-electron chi connectivity index (χ2n) is 11.4. The monoisotopic (exact) mass is 525 g/mol. The Bertz CT molecular complexity index is 1380. The van der Waals surface area contributed by atoms with Crippen LogP contribution in [0.3, 0.4) is 0 Å². The minimum atomic E-state index is 0.299. The van der Waals surface area contributed by atoms with E-state index in [1.54, 1.807) is 0 Å². The first-order valence-electron chi connectivity index (χ1n) is 14.9. The first kappa shape index (κ1) is 27.3. The van der Waals surface area contributed by atoms with E-state index in [0.717, 1.165) is 96.4 Å². The first-order valence-corrected chi connectivity index (χ1v) is 14.9. The first-order chi connectivity index (χ1) is 18.9. The number of nitrogens with zero attached hydrogens (tertiary/aromatic N) is 5. The van der Waals surface area contributed by atoms with Crippen molar-refractivity contribution in [3.63, 3.8) is 0 Å². The van der Waals surface area contributed by atoms with Gasteiger partial charge in [0.05, 0.1) is 11.4 Å². The number of allylic oxidation sites excluding steroid dienone is 2. The van der Waals surface area contributed by atoms with Gasteiger partial charge in [-0.2, -0.15) is 4.98 Å². The van der Waals surface area contributed by atoms with Gasteiger partial charge in [-0.1, -0.05) is 52.2 Å². The van der Waals surface area contributed by atoms with Crippen LogP contribution in [0.2, 0.25) is 0 Å². The van der Waals surface area contributed by atoms with Crippen molar-refractivity contribution in [2.45, 2.75) is 91.4 Å². The Hall–Kier alpha value is -3.28. The van der Waals surface area contributed by atoms with Crippen LogP contribution in [-0.4, -0.2) is 33.8 Å². The van der Waals surface area contributed by atoms with Crippen molar-refractivity contribution in [1.29, 1.82) is 0 Å². The van der Waals surface area contributed by atoms with E-state index in [-0.39, 0.29) is 0 Å². The Morgan fingerprint density at radius 1 is 1.15 bits per heavy atom. The molecular formula is C33H43N5O. The molecular weight excluding hydrogens is 482 g/mol. The fraction of sp³-hybridized carbons (Fsp3) is 0.515. The molecule has 3 aromatic heterocycles. The number of aliphatic imine (C=N–C) groups is 1. The third-order valence-corrected chi connectivity index (χ3v) is 8.22. The molecule has 1 saturated heterocycles. The number of pyridine rings is 2. The molecule has 0 aliphatic carbocycles. The Kier molecular flexibility index (Phi) is 8.59. The molecule has 6 heteroatoms. The van der Waals surface area contributed by atoms with Crippen LogP contribution in [0.15, 0.2) is 57.7 Å². The smallest absolute Gasteiger partial charge is 0.200 e. The van der Waals surface area contributed by atoms with Crippen LogP contribution < -0.4 is 4.90 Å². The minimum absolute atomic E-state index is 0.299. The molecule has 0 aromatic carbocycles. The number of rotatable bonds is 12. The topological polar surface area (TPSA) is 67.4 Å². The van der Waals surface area contributed by atoms with Crippen LogP contribution in [0.5, 0.6) is 0 Å². The Morgan fingerprint density at radius 2 is 2.00 bits per heavy atom. The van der Waals surface area contributed by atoms with Crippen molar-refractivity contribution in [3.8, 4) is 0 Å². The lowest BCUT2D eigenvalue weighted by atomic mass is 9.87. The number of aryl methyl sites for hydroxylation is 2. The molecule has 2 unspecified atom stereocenters. The van der Waals surface area contributed by atoms with Gasteiger partial charge in [0.25, 0.3) is 0 Å². The maximum absolute atomic E-state index is 5.98. The number of oxazole rings is 1. The number of unbranched alkanes of at least 4 members (excludes halogenated alkanes) is 2. The molecule has 5 rings (SSSR count). The summed E-state index contributed by atoms with van der Waals surface area (Å²) < 4.78 is 5.98.